The minimum absolute atomic E-state index is 0.553. The summed E-state index contributed by atoms with van der Waals surface area (Å²) >= 11 is 0. The van der Waals surface area contributed by atoms with Gasteiger partial charge in [0.2, 0.25) is 0 Å². The normalized spacial score (nSPS) is 16.0. The molecule has 0 saturated carbocycles. The Kier molecular flexibility index (Phi) is 16.2. The molecule has 184 valence electrons. The van der Waals surface area contributed by atoms with Crippen LogP contribution in [0.3, 0.4) is 0 Å². The number of hydrogen-bond donors (Lipinski definition) is 0. The second-order valence-electron chi connectivity index (χ2n) is 8.57. The molecule has 0 radical (unpaired) electrons. The van der Waals surface area contributed by atoms with Gasteiger partial charge in [-0.15, -0.1) is 0 Å². The summed E-state index contributed by atoms with van der Waals surface area (Å²) in [7, 11) is 0. The second-order valence-corrected chi connectivity index (χ2v) is 8.57. The average Bonchev–Trinajstić information content (AvgIpc) is 2.84. The Labute approximate surface area is 206 Å². The minimum Gasteiger partial charge on any atom is -0.233 e. The van der Waals surface area contributed by atoms with Crippen LogP contribution in [0.15, 0.2) is 95.2 Å². The lowest BCUT2D eigenvalue weighted by molar-refractivity contribution is 0.00840. The van der Waals surface area contributed by atoms with Crippen LogP contribution in [0.1, 0.15) is 68.7 Å². The van der Waals surface area contributed by atoms with Crippen LogP contribution < -0.4 is 0 Å². The molecule has 1 unspecified atom stereocenters. The van der Waals surface area contributed by atoms with Crippen molar-refractivity contribution in [2.24, 2.45) is 5.92 Å². The molecule has 2 heteroatoms. The van der Waals surface area contributed by atoms with Gasteiger partial charge in [-0.05, 0) is 77.5 Å². The molecule has 0 aliphatic heterocycles. The Hall–Kier alpha value is -2.16. The maximum Gasteiger partial charge on any atom is 0.0387 e. The fourth-order valence-corrected chi connectivity index (χ4v) is 3.72. The van der Waals surface area contributed by atoms with E-state index in [1.165, 1.54) is 33.4 Å². The highest BCUT2D eigenvalue weighted by Crippen LogP contribution is 2.22. The molecule has 0 aliphatic carbocycles. The molecular formula is C31H50N2. The first-order valence-electron chi connectivity index (χ1n) is 12.4. The highest BCUT2D eigenvalue weighted by molar-refractivity contribution is 5.32. The number of hydrogen-bond acceptors (Lipinski definition) is 2. The third-order valence-electron chi connectivity index (χ3n) is 6.62. The van der Waals surface area contributed by atoms with Crippen molar-refractivity contribution in [1.82, 2.24) is 10.0 Å². The number of rotatable bonds is 15. The summed E-state index contributed by atoms with van der Waals surface area (Å²) in [6, 6.07) is 0. The van der Waals surface area contributed by atoms with Crippen LogP contribution >= 0.6 is 0 Å². The second kappa shape index (κ2) is 17.3. The number of hydrazine groups is 1. The van der Waals surface area contributed by atoms with Gasteiger partial charge in [0, 0.05) is 26.2 Å². The molecule has 0 bridgehead atoms. The van der Waals surface area contributed by atoms with E-state index < -0.39 is 0 Å². The van der Waals surface area contributed by atoms with Crippen LogP contribution in [0.2, 0.25) is 0 Å². The Morgan fingerprint density at radius 2 is 1.21 bits per heavy atom. The predicted molar refractivity (Wildman–Crippen MR) is 151 cm³/mol. The van der Waals surface area contributed by atoms with E-state index in [4.69, 9.17) is 0 Å². The van der Waals surface area contributed by atoms with Gasteiger partial charge < -0.3 is 0 Å². The Morgan fingerprint density at radius 3 is 1.55 bits per heavy atom. The number of nitrogens with zero attached hydrogens (tertiary/aromatic N) is 2. The van der Waals surface area contributed by atoms with Gasteiger partial charge in [-0.2, -0.15) is 0 Å². The number of allylic oxidation sites excluding steroid dienone is 7. The summed E-state index contributed by atoms with van der Waals surface area (Å²) in [4.78, 5) is 0. The first-order chi connectivity index (χ1) is 15.8. The van der Waals surface area contributed by atoms with Crippen molar-refractivity contribution in [3.63, 3.8) is 0 Å². The van der Waals surface area contributed by atoms with Crippen LogP contribution in [0.4, 0.5) is 0 Å². The molecular weight excluding hydrogens is 400 g/mol. The molecule has 0 N–H and O–H groups in total. The fourth-order valence-electron chi connectivity index (χ4n) is 3.72. The minimum atomic E-state index is 0.553. The van der Waals surface area contributed by atoms with Gasteiger partial charge in [0.05, 0.1) is 0 Å². The largest absolute Gasteiger partial charge is 0.233 e. The van der Waals surface area contributed by atoms with Gasteiger partial charge in [-0.25, -0.2) is 10.0 Å². The van der Waals surface area contributed by atoms with Gasteiger partial charge in [-0.3, -0.25) is 0 Å². The van der Waals surface area contributed by atoms with Gasteiger partial charge in [0.25, 0.3) is 0 Å². The molecule has 0 aromatic heterocycles. The summed E-state index contributed by atoms with van der Waals surface area (Å²) in [5.74, 6) is 0.553. The molecule has 0 spiro atoms. The molecule has 0 aromatic carbocycles. The molecule has 0 aromatic rings. The summed E-state index contributed by atoms with van der Waals surface area (Å²) in [5, 5.41) is 5.01. The summed E-state index contributed by atoms with van der Waals surface area (Å²) in [5.41, 5.74) is 8.00. The molecule has 2 nitrogen and oxygen atoms in total. The zero-order chi connectivity index (χ0) is 25.4. The van der Waals surface area contributed by atoms with Crippen molar-refractivity contribution in [1.29, 1.82) is 0 Å². The first-order valence-corrected chi connectivity index (χ1v) is 12.4. The lowest BCUT2D eigenvalue weighted by Crippen LogP contribution is -2.47. The lowest BCUT2D eigenvalue weighted by atomic mass is 9.97. The van der Waals surface area contributed by atoms with E-state index in [9.17, 15) is 0 Å². The molecule has 0 saturated heterocycles. The van der Waals surface area contributed by atoms with E-state index in [0.29, 0.717) is 5.92 Å². The zero-order valence-electron chi connectivity index (χ0n) is 23.0. The molecule has 0 heterocycles. The summed E-state index contributed by atoms with van der Waals surface area (Å²) < 4.78 is 0. The van der Waals surface area contributed by atoms with Gasteiger partial charge >= 0.3 is 0 Å². The van der Waals surface area contributed by atoms with Crippen LogP contribution in [0, 0.1) is 5.92 Å². The zero-order valence-corrected chi connectivity index (χ0v) is 23.0. The smallest absolute Gasteiger partial charge is 0.0387 e. The van der Waals surface area contributed by atoms with Crippen LogP contribution in [-0.4, -0.2) is 36.2 Å². The Bertz CT molecular complexity index is 799. The van der Waals surface area contributed by atoms with Crippen LogP contribution in [0.25, 0.3) is 0 Å². The molecule has 0 rings (SSSR count). The van der Waals surface area contributed by atoms with Crippen molar-refractivity contribution >= 4 is 0 Å². The van der Waals surface area contributed by atoms with E-state index in [-0.39, 0.29) is 0 Å². The third kappa shape index (κ3) is 10.5. The van der Waals surface area contributed by atoms with E-state index >= 15 is 0 Å². The lowest BCUT2D eigenvalue weighted by Gasteiger charge is -2.38. The van der Waals surface area contributed by atoms with E-state index in [2.05, 4.69) is 122 Å². The molecule has 0 fully saturated rings. The van der Waals surface area contributed by atoms with Crippen molar-refractivity contribution in [2.75, 3.05) is 26.2 Å². The summed E-state index contributed by atoms with van der Waals surface area (Å²) in [6.07, 6.45) is 18.2. The average molecular weight is 451 g/mol. The molecule has 0 aliphatic rings. The maximum atomic E-state index is 4.06. The molecule has 0 amide bonds. The van der Waals surface area contributed by atoms with E-state index in [0.717, 1.165) is 32.6 Å². The SMILES string of the molecule is C=C/C=C(\C=C)CN(CC(=C/C)/C(C)=C\C)N(CC(=C/C)/C(C)=C\C)C/C(=C/C)C(C)CC. The first kappa shape index (κ1) is 30.8. The van der Waals surface area contributed by atoms with Crippen molar-refractivity contribution in [3.8, 4) is 0 Å². The van der Waals surface area contributed by atoms with Crippen molar-refractivity contribution in [2.45, 2.75) is 68.7 Å². The van der Waals surface area contributed by atoms with Crippen LogP contribution in [-0.2, 0) is 0 Å². The maximum absolute atomic E-state index is 4.06. The topological polar surface area (TPSA) is 6.48 Å². The van der Waals surface area contributed by atoms with Gasteiger partial charge in [0.15, 0.2) is 0 Å². The highest BCUT2D eigenvalue weighted by atomic mass is 15.6. The van der Waals surface area contributed by atoms with Crippen molar-refractivity contribution < 1.29 is 0 Å². The van der Waals surface area contributed by atoms with Gasteiger partial charge in [-0.1, -0.05) is 92.3 Å². The van der Waals surface area contributed by atoms with E-state index in [1.807, 2.05) is 12.2 Å². The van der Waals surface area contributed by atoms with E-state index in [1.54, 1.807) is 0 Å². The van der Waals surface area contributed by atoms with Gasteiger partial charge in [0.1, 0.15) is 0 Å². The Balaban J connectivity index is 6.56. The fraction of sp³-hybridized carbons (Fsp3) is 0.484. The quantitative estimate of drug-likeness (QED) is 0.140. The predicted octanol–water partition coefficient (Wildman–Crippen LogP) is 8.62. The molecule has 33 heavy (non-hydrogen) atoms. The standard InChI is InChI=1S/C31H50N2/c1-12-20-28(16-5)21-32(22-29(17-6)25(9)13-2)33(23-30(18-7)26(10)14-3)24-31(19-8)27(11)15-4/h12-14,16-20,27H,1,5,15,21-24H2,2-4,6-11H3/b25-13-,26-14-,28-20+,29-17-,30-18-,31-19-. The summed E-state index contributed by atoms with van der Waals surface area (Å²) in [6.45, 7) is 31.1. The monoisotopic (exact) mass is 450 g/mol. The van der Waals surface area contributed by atoms with Crippen molar-refractivity contribution in [3.05, 3.63) is 95.2 Å². The Morgan fingerprint density at radius 1 is 0.727 bits per heavy atom. The molecule has 1 atom stereocenters. The third-order valence-corrected chi connectivity index (χ3v) is 6.62. The van der Waals surface area contributed by atoms with Crippen LogP contribution in [0.5, 0.6) is 0 Å². The highest BCUT2D eigenvalue weighted by Gasteiger charge is 2.22.